The van der Waals surface area contributed by atoms with Crippen LogP contribution in [0.2, 0.25) is 0 Å². The number of carbonyl (C=O) groups excluding carboxylic acids is 1. The van der Waals surface area contributed by atoms with Gasteiger partial charge in [0.05, 0.1) is 5.69 Å². The van der Waals surface area contributed by atoms with Crippen LogP contribution < -0.4 is 26.9 Å². The molecule has 1 heterocycles. The average Bonchev–Trinajstić information content (AvgIpc) is 2.48. The van der Waals surface area contributed by atoms with Crippen molar-refractivity contribution in [2.45, 2.75) is 25.8 Å². The molecular formula is C16H17BrF2N2O. The number of benzene rings is 1. The largest absolute Gasteiger partial charge is 1.00 e. The topological polar surface area (TPSA) is 33.0 Å². The van der Waals surface area contributed by atoms with E-state index in [1.165, 1.54) is 0 Å². The molecule has 0 atom stereocenters. The number of carbonyl (C=O) groups is 1. The molecule has 1 aromatic heterocycles. The zero-order valence-corrected chi connectivity index (χ0v) is 13.5. The maximum atomic E-state index is 13.4. The minimum atomic E-state index is -0.635. The fraction of sp³-hybridized carbons (Fsp3) is 0.250. The predicted molar refractivity (Wildman–Crippen MR) is 75.5 cm³/mol. The van der Waals surface area contributed by atoms with Crippen molar-refractivity contribution in [3.63, 3.8) is 0 Å². The normalized spacial score (nSPS) is 9.91. The summed E-state index contributed by atoms with van der Waals surface area (Å²) in [6.07, 6.45) is 5.73. The fourth-order valence-electron chi connectivity index (χ4n) is 1.97. The number of hydrogen-bond acceptors (Lipinski definition) is 1. The molecule has 0 spiro atoms. The van der Waals surface area contributed by atoms with Crippen molar-refractivity contribution in [2.24, 2.45) is 0 Å². The Kier molecular flexibility index (Phi) is 7.66. The van der Waals surface area contributed by atoms with Crippen molar-refractivity contribution in [3.05, 3.63) is 60.4 Å². The van der Waals surface area contributed by atoms with Crippen LogP contribution in [0, 0.1) is 11.6 Å². The molecule has 0 aliphatic rings. The van der Waals surface area contributed by atoms with E-state index in [0.29, 0.717) is 6.42 Å². The number of anilines is 1. The van der Waals surface area contributed by atoms with Crippen molar-refractivity contribution in [1.29, 1.82) is 0 Å². The SMILES string of the molecule is O=C(CCCC[n+]1ccccc1)Nc1cc(F)ccc1F.[Br-]. The number of hydrogen-bond donors (Lipinski definition) is 1. The van der Waals surface area contributed by atoms with Gasteiger partial charge in [-0.25, -0.2) is 13.3 Å². The first-order chi connectivity index (χ1) is 10.1. The van der Waals surface area contributed by atoms with Gasteiger partial charge in [0.25, 0.3) is 0 Å². The highest BCUT2D eigenvalue weighted by molar-refractivity contribution is 5.90. The first kappa shape index (κ1) is 18.2. The van der Waals surface area contributed by atoms with Crippen molar-refractivity contribution in [2.75, 3.05) is 5.32 Å². The van der Waals surface area contributed by atoms with Crippen LogP contribution >= 0.6 is 0 Å². The number of amides is 1. The highest BCUT2D eigenvalue weighted by Crippen LogP contribution is 2.15. The molecular weight excluding hydrogens is 354 g/mol. The van der Waals surface area contributed by atoms with Crippen LogP contribution in [0.25, 0.3) is 0 Å². The van der Waals surface area contributed by atoms with E-state index in [1.807, 2.05) is 35.2 Å². The lowest BCUT2D eigenvalue weighted by Crippen LogP contribution is -3.00. The Morgan fingerprint density at radius 1 is 1.09 bits per heavy atom. The lowest BCUT2D eigenvalue weighted by atomic mass is 10.2. The summed E-state index contributed by atoms with van der Waals surface area (Å²) >= 11 is 0. The van der Waals surface area contributed by atoms with Crippen LogP contribution in [-0.2, 0) is 11.3 Å². The van der Waals surface area contributed by atoms with Gasteiger partial charge >= 0.3 is 0 Å². The Morgan fingerprint density at radius 2 is 1.82 bits per heavy atom. The summed E-state index contributed by atoms with van der Waals surface area (Å²) in [5.74, 6) is -1.52. The Labute approximate surface area is 138 Å². The van der Waals surface area contributed by atoms with Gasteiger partial charge in [-0.15, -0.1) is 0 Å². The highest BCUT2D eigenvalue weighted by Gasteiger charge is 2.08. The predicted octanol–water partition coefficient (Wildman–Crippen LogP) is 0.0653. The van der Waals surface area contributed by atoms with Gasteiger partial charge in [0.2, 0.25) is 5.91 Å². The molecule has 118 valence electrons. The van der Waals surface area contributed by atoms with Crippen molar-refractivity contribution in [3.8, 4) is 0 Å². The molecule has 0 fully saturated rings. The number of halogens is 3. The fourth-order valence-corrected chi connectivity index (χ4v) is 1.97. The van der Waals surface area contributed by atoms with E-state index in [-0.39, 0.29) is 35.0 Å². The van der Waals surface area contributed by atoms with Gasteiger partial charge < -0.3 is 22.3 Å². The number of aromatic nitrogens is 1. The lowest BCUT2D eigenvalue weighted by molar-refractivity contribution is -0.697. The van der Waals surface area contributed by atoms with Crippen LogP contribution in [0.15, 0.2) is 48.8 Å². The maximum absolute atomic E-state index is 13.4. The standard InChI is InChI=1S/C16H16F2N2O.BrH/c17-13-7-8-14(18)15(12-13)19-16(21)6-2-5-11-20-9-3-1-4-10-20;/h1,3-4,7-10,12H,2,5-6,11H2;1H. The van der Waals surface area contributed by atoms with Gasteiger partial charge in [-0.05, 0) is 18.6 Å². The van der Waals surface area contributed by atoms with Crippen LogP contribution in [0.3, 0.4) is 0 Å². The zero-order chi connectivity index (χ0) is 15.1. The summed E-state index contributed by atoms with van der Waals surface area (Å²) in [6.45, 7) is 0.822. The molecule has 0 saturated carbocycles. The minimum Gasteiger partial charge on any atom is -1.00 e. The first-order valence-electron chi connectivity index (χ1n) is 6.84. The van der Waals surface area contributed by atoms with Crippen molar-refractivity contribution < 1.29 is 35.1 Å². The minimum absolute atomic E-state index is 0. The van der Waals surface area contributed by atoms with Gasteiger partial charge in [-0.3, -0.25) is 4.79 Å². The van der Waals surface area contributed by atoms with Crippen LogP contribution in [-0.4, -0.2) is 5.91 Å². The van der Waals surface area contributed by atoms with Gasteiger partial charge in [0.15, 0.2) is 12.4 Å². The molecule has 0 radical (unpaired) electrons. The molecule has 2 aromatic rings. The third-order valence-electron chi connectivity index (χ3n) is 3.05. The summed E-state index contributed by atoms with van der Waals surface area (Å²) < 4.78 is 28.4. The Hall–Kier alpha value is -1.82. The summed E-state index contributed by atoms with van der Waals surface area (Å²) in [6, 6.07) is 8.82. The van der Waals surface area contributed by atoms with E-state index in [1.54, 1.807) is 0 Å². The van der Waals surface area contributed by atoms with Gasteiger partial charge in [-0.2, -0.15) is 0 Å². The van der Waals surface area contributed by atoms with E-state index in [0.717, 1.165) is 31.2 Å². The second-order valence-electron chi connectivity index (χ2n) is 4.74. The van der Waals surface area contributed by atoms with Crippen molar-refractivity contribution in [1.82, 2.24) is 0 Å². The van der Waals surface area contributed by atoms with E-state index < -0.39 is 11.6 Å². The average molecular weight is 371 g/mol. The van der Waals surface area contributed by atoms with Gasteiger partial charge in [0.1, 0.15) is 18.2 Å². The highest BCUT2D eigenvalue weighted by atomic mass is 79.9. The van der Waals surface area contributed by atoms with Gasteiger partial charge in [0, 0.05) is 31.0 Å². The summed E-state index contributed by atoms with van der Waals surface area (Å²) in [7, 11) is 0. The third-order valence-corrected chi connectivity index (χ3v) is 3.05. The Morgan fingerprint density at radius 3 is 2.55 bits per heavy atom. The van der Waals surface area contributed by atoms with E-state index in [2.05, 4.69) is 5.32 Å². The molecule has 0 bridgehead atoms. The molecule has 0 saturated heterocycles. The number of pyridine rings is 1. The number of unbranched alkanes of at least 4 members (excludes halogenated alkanes) is 1. The van der Waals surface area contributed by atoms with E-state index >= 15 is 0 Å². The smallest absolute Gasteiger partial charge is 0.224 e. The van der Waals surface area contributed by atoms with Crippen LogP contribution in [0.1, 0.15) is 19.3 Å². The Balaban J connectivity index is 0.00000242. The Bertz CT molecular complexity index is 608. The molecule has 3 nitrogen and oxygen atoms in total. The molecule has 2 rings (SSSR count). The van der Waals surface area contributed by atoms with Gasteiger partial charge in [-0.1, -0.05) is 6.07 Å². The molecule has 1 amide bonds. The molecule has 0 aliphatic heterocycles. The molecule has 0 aliphatic carbocycles. The summed E-state index contributed by atoms with van der Waals surface area (Å²) in [5.41, 5.74) is -0.113. The number of nitrogens with zero attached hydrogens (tertiary/aromatic N) is 1. The maximum Gasteiger partial charge on any atom is 0.224 e. The quantitative estimate of drug-likeness (QED) is 0.566. The van der Waals surface area contributed by atoms with Crippen LogP contribution in [0.4, 0.5) is 14.5 Å². The van der Waals surface area contributed by atoms with Crippen molar-refractivity contribution >= 4 is 11.6 Å². The number of rotatable bonds is 6. The summed E-state index contributed by atoms with van der Waals surface area (Å²) in [5, 5.41) is 2.39. The van der Waals surface area contributed by atoms with E-state index in [4.69, 9.17) is 0 Å². The molecule has 0 unspecified atom stereocenters. The number of aryl methyl sites for hydroxylation is 1. The second-order valence-corrected chi connectivity index (χ2v) is 4.74. The first-order valence-corrected chi connectivity index (χ1v) is 6.84. The van der Waals surface area contributed by atoms with E-state index in [9.17, 15) is 13.6 Å². The third kappa shape index (κ3) is 5.89. The lowest BCUT2D eigenvalue weighted by Gasteiger charge is -2.06. The second kappa shape index (κ2) is 9.25. The number of nitrogens with one attached hydrogen (secondary N) is 1. The molecule has 1 N–H and O–H groups in total. The molecule has 1 aromatic carbocycles. The summed E-state index contributed by atoms with van der Waals surface area (Å²) in [4.78, 5) is 11.7. The molecule has 6 heteroatoms. The zero-order valence-electron chi connectivity index (χ0n) is 11.9. The molecule has 22 heavy (non-hydrogen) atoms. The van der Waals surface area contributed by atoms with Crippen LogP contribution in [0.5, 0.6) is 0 Å². The monoisotopic (exact) mass is 370 g/mol.